The summed E-state index contributed by atoms with van der Waals surface area (Å²) in [6, 6.07) is -0.970. The van der Waals surface area contributed by atoms with Crippen LogP contribution in [0.3, 0.4) is 0 Å². The maximum Gasteiger partial charge on any atom is 0.408 e. The highest BCUT2D eigenvalue weighted by atomic mass is 16.6. The molecule has 2 amide bonds. The summed E-state index contributed by atoms with van der Waals surface area (Å²) < 4.78 is 5.00. The first-order valence-electron chi connectivity index (χ1n) is 7.21. The Bertz CT molecular complexity index is 380. The number of aliphatic carboxylic acids is 1. The average Bonchev–Trinajstić information content (AvgIpc) is 2.22. The third-order valence-electron chi connectivity index (χ3n) is 2.27. The van der Waals surface area contributed by atoms with Crippen LogP contribution in [0.4, 0.5) is 4.79 Å². The van der Waals surface area contributed by atoms with Gasteiger partial charge in [0.2, 0.25) is 5.91 Å². The van der Waals surface area contributed by atoms with Crippen molar-refractivity contribution in [2.75, 3.05) is 0 Å². The van der Waals surface area contributed by atoms with Gasteiger partial charge in [-0.05, 0) is 32.6 Å². The Morgan fingerprint density at radius 1 is 1.14 bits per heavy atom. The first-order chi connectivity index (χ1) is 9.70. The molecule has 0 saturated heterocycles. The quantitative estimate of drug-likeness (QED) is 0.734. The van der Waals surface area contributed by atoms with Crippen molar-refractivity contribution >= 4 is 18.0 Å². The van der Waals surface area contributed by atoms with Gasteiger partial charge in [-0.3, -0.25) is 4.79 Å². The summed E-state index contributed by atoms with van der Waals surface area (Å²) in [5.41, 5.74) is 3.56. The molecule has 130 valence electrons. The number of alkyl carbamates (subject to hydrolysis) is 1. The molecule has 0 aromatic rings. The smallest absolute Gasteiger partial charge is 0.408 e. The zero-order chi connectivity index (χ0) is 18.1. The van der Waals surface area contributed by atoms with Gasteiger partial charge in [-0.2, -0.15) is 0 Å². The fourth-order valence-electron chi connectivity index (χ4n) is 1.32. The van der Waals surface area contributed by atoms with Crippen LogP contribution in [-0.4, -0.2) is 34.7 Å². The molecule has 4 N–H and O–H groups in total. The molecule has 0 bridgehead atoms. The summed E-state index contributed by atoms with van der Waals surface area (Å²) in [7, 11) is 0. The second kappa shape index (κ2) is 9.27. The summed E-state index contributed by atoms with van der Waals surface area (Å²) in [6.07, 6.45) is 0.657. The van der Waals surface area contributed by atoms with E-state index >= 15 is 0 Å². The minimum atomic E-state index is -1.07. The molecule has 0 unspecified atom stereocenters. The highest BCUT2D eigenvalue weighted by molar-refractivity contribution is 5.80. The van der Waals surface area contributed by atoms with E-state index in [0.29, 0.717) is 6.42 Å². The SMILES string of the molecule is CC(C)(C)OC(=O)N[C@H](C(=O)O)C(C)(C)C.CCCC(N)=O. The van der Waals surface area contributed by atoms with Crippen molar-refractivity contribution < 1.29 is 24.2 Å². The average molecular weight is 318 g/mol. The number of hydrogen-bond donors (Lipinski definition) is 3. The number of rotatable bonds is 4. The van der Waals surface area contributed by atoms with Gasteiger partial charge in [0.15, 0.2) is 0 Å². The van der Waals surface area contributed by atoms with Crippen LogP contribution in [0.15, 0.2) is 0 Å². The number of primary amides is 1. The molecule has 0 saturated carbocycles. The topological polar surface area (TPSA) is 119 Å². The molecule has 0 rings (SSSR count). The van der Waals surface area contributed by atoms with Gasteiger partial charge in [-0.15, -0.1) is 0 Å². The first-order valence-corrected chi connectivity index (χ1v) is 7.21. The number of carboxylic acids is 1. The molecule has 0 aromatic carbocycles. The lowest BCUT2D eigenvalue weighted by atomic mass is 9.87. The third kappa shape index (κ3) is 13.2. The maximum absolute atomic E-state index is 11.4. The Kier molecular flexibility index (Phi) is 9.48. The minimum absolute atomic E-state index is 0.211. The van der Waals surface area contributed by atoms with Crippen molar-refractivity contribution in [3.05, 3.63) is 0 Å². The summed E-state index contributed by atoms with van der Waals surface area (Å²) in [6.45, 7) is 12.3. The van der Waals surface area contributed by atoms with Crippen LogP contribution in [0, 0.1) is 5.41 Å². The number of hydrogen-bond acceptors (Lipinski definition) is 4. The highest BCUT2D eigenvalue weighted by Crippen LogP contribution is 2.20. The lowest BCUT2D eigenvalue weighted by Crippen LogP contribution is -2.50. The lowest BCUT2D eigenvalue weighted by molar-refractivity contribution is -0.142. The molecule has 0 spiro atoms. The van der Waals surface area contributed by atoms with Crippen LogP contribution >= 0.6 is 0 Å². The van der Waals surface area contributed by atoms with Crippen LogP contribution in [0.25, 0.3) is 0 Å². The number of carboxylic acid groups (broad SMARTS) is 1. The molecule has 0 aliphatic rings. The van der Waals surface area contributed by atoms with E-state index in [0.717, 1.165) is 6.42 Å². The van der Waals surface area contributed by atoms with E-state index in [1.165, 1.54) is 0 Å². The molecule has 0 fully saturated rings. The van der Waals surface area contributed by atoms with Gasteiger partial charge in [0.05, 0.1) is 0 Å². The Balaban J connectivity index is 0. The van der Waals surface area contributed by atoms with Gasteiger partial charge in [0, 0.05) is 6.42 Å². The Hall–Kier alpha value is -1.79. The van der Waals surface area contributed by atoms with Gasteiger partial charge < -0.3 is 20.9 Å². The standard InChI is InChI=1S/C11H21NO4.C4H9NO/c1-10(2,3)7(8(13)14)12-9(15)16-11(4,5)6;1-2-3-4(5)6/h7H,1-6H3,(H,12,15)(H,13,14);2-3H2,1H3,(H2,5,6)/t7-;/m1./s1. The molecular formula is C15H30N2O5. The number of nitrogens with two attached hydrogens (primary N) is 1. The molecule has 0 aliphatic carbocycles. The zero-order valence-electron chi connectivity index (χ0n) is 14.6. The van der Waals surface area contributed by atoms with Gasteiger partial charge in [0.1, 0.15) is 11.6 Å². The van der Waals surface area contributed by atoms with Crippen molar-refractivity contribution in [1.29, 1.82) is 0 Å². The van der Waals surface area contributed by atoms with Crippen LogP contribution < -0.4 is 11.1 Å². The van der Waals surface area contributed by atoms with Crippen molar-refractivity contribution in [2.24, 2.45) is 11.1 Å². The van der Waals surface area contributed by atoms with E-state index in [1.54, 1.807) is 41.5 Å². The Morgan fingerprint density at radius 2 is 1.59 bits per heavy atom. The lowest BCUT2D eigenvalue weighted by Gasteiger charge is -2.29. The van der Waals surface area contributed by atoms with Gasteiger partial charge in [0.25, 0.3) is 0 Å². The predicted octanol–water partition coefficient (Wildman–Crippen LogP) is 2.28. The van der Waals surface area contributed by atoms with Crippen molar-refractivity contribution in [3.63, 3.8) is 0 Å². The molecule has 7 heteroatoms. The van der Waals surface area contributed by atoms with E-state index < -0.39 is 29.1 Å². The Labute approximate surface area is 132 Å². The fraction of sp³-hybridized carbons (Fsp3) is 0.800. The molecule has 0 radical (unpaired) electrons. The summed E-state index contributed by atoms with van der Waals surface area (Å²) in [5, 5.41) is 11.3. The van der Waals surface area contributed by atoms with Crippen LogP contribution in [0.5, 0.6) is 0 Å². The highest BCUT2D eigenvalue weighted by Gasteiger charge is 2.33. The molecular weight excluding hydrogens is 288 g/mol. The molecule has 1 atom stereocenters. The second-order valence-corrected chi connectivity index (χ2v) is 7.00. The molecule has 0 heterocycles. The van der Waals surface area contributed by atoms with E-state index in [9.17, 15) is 14.4 Å². The van der Waals surface area contributed by atoms with Crippen LogP contribution in [0.2, 0.25) is 0 Å². The fourth-order valence-corrected chi connectivity index (χ4v) is 1.32. The minimum Gasteiger partial charge on any atom is -0.480 e. The number of carbonyl (C=O) groups excluding carboxylic acids is 2. The van der Waals surface area contributed by atoms with Gasteiger partial charge in [-0.25, -0.2) is 9.59 Å². The molecule has 0 aliphatic heterocycles. The number of amides is 2. The monoisotopic (exact) mass is 318 g/mol. The zero-order valence-corrected chi connectivity index (χ0v) is 14.6. The van der Waals surface area contributed by atoms with Crippen LogP contribution in [0.1, 0.15) is 61.3 Å². The second-order valence-electron chi connectivity index (χ2n) is 7.00. The largest absolute Gasteiger partial charge is 0.480 e. The van der Waals surface area contributed by atoms with Crippen LogP contribution in [-0.2, 0) is 14.3 Å². The van der Waals surface area contributed by atoms with E-state index in [2.05, 4.69) is 5.32 Å². The van der Waals surface area contributed by atoms with Gasteiger partial charge >= 0.3 is 12.1 Å². The molecule has 0 aromatic heterocycles. The third-order valence-corrected chi connectivity index (χ3v) is 2.27. The van der Waals surface area contributed by atoms with Crippen molar-refractivity contribution in [3.8, 4) is 0 Å². The van der Waals surface area contributed by atoms with Crippen molar-refractivity contribution in [1.82, 2.24) is 5.32 Å². The normalized spacial score (nSPS) is 12.5. The first kappa shape index (κ1) is 22.5. The predicted molar refractivity (Wildman–Crippen MR) is 84.4 cm³/mol. The summed E-state index contributed by atoms with van der Waals surface area (Å²) in [4.78, 5) is 32.2. The number of carbonyl (C=O) groups is 3. The van der Waals surface area contributed by atoms with E-state index in [4.69, 9.17) is 15.6 Å². The van der Waals surface area contributed by atoms with Crippen molar-refractivity contribution in [2.45, 2.75) is 73.0 Å². The molecule has 22 heavy (non-hydrogen) atoms. The Morgan fingerprint density at radius 3 is 1.77 bits per heavy atom. The van der Waals surface area contributed by atoms with E-state index in [1.807, 2.05) is 6.92 Å². The summed E-state index contributed by atoms with van der Waals surface area (Å²) in [5.74, 6) is -1.28. The number of nitrogens with one attached hydrogen (secondary N) is 1. The van der Waals surface area contributed by atoms with E-state index in [-0.39, 0.29) is 5.91 Å². The molecule has 7 nitrogen and oxygen atoms in total. The number of ether oxygens (including phenoxy) is 1. The maximum atomic E-state index is 11.4. The van der Waals surface area contributed by atoms with Gasteiger partial charge in [-0.1, -0.05) is 27.7 Å². The summed E-state index contributed by atoms with van der Waals surface area (Å²) >= 11 is 0.